The first-order chi connectivity index (χ1) is 13.0. The molecule has 4 aromatic heterocycles. The fourth-order valence-corrected chi connectivity index (χ4v) is 3.51. The average Bonchev–Trinajstić information content (AvgIpc) is 3.25. The lowest BCUT2D eigenvalue weighted by atomic mass is 9.95. The van der Waals surface area contributed by atoms with Gasteiger partial charge in [0.15, 0.2) is 5.65 Å². The lowest BCUT2D eigenvalue weighted by Crippen LogP contribution is -2.29. The Morgan fingerprint density at radius 1 is 1.11 bits per heavy atom. The van der Waals surface area contributed by atoms with Crippen LogP contribution in [0.3, 0.4) is 0 Å². The number of hydrogen-bond acceptors (Lipinski definition) is 4. The van der Waals surface area contributed by atoms with Gasteiger partial charge in [0.2, 0.25) is 0 Å². The Hall–Kier alpha value is -3.23. The van der Waals surface area contributed by atoms with Crippen molar-refractivity contribution in [2.75, 3.05) is 0 Å². The highest BCUT2D eigenvalue weighted by atomic mass is 19.3. The van der Waals surface area contributed by atoms with Gasteiger partial charge in [-0.25, -0.2) is 18.2 Å². The molecule has 4 aromatic rings. The summed E-state index contributed by atoms with van der Waals surface area (Å²) < 4.78 is 43.2. The topological polar surface area (TPSA) is 72.3 Å². The molecular formula is C18H13F3N6. The smallest absolute Gasteiger partial charge is 0.255 e. The fourth-order valence-electron chi connectivity index (χ4n) is 3.51. The second kappa shape index (κ2) is 5.63. The zero-order valence-electron chi connectivity index (χ0n) is 14.0. The van der Waals surface area contributed by atoms with Crippen molar-refractivity contribution in [3.8, 4) is 22.5 Å². The number of nitrogens with zero attached hydrogens (tertiary/aromatic N) is 5. The summed E-state index contributed by atoms with van der Waals surface area (Å²) in [6, 6.07) is 4.52. The summed E-state index contributed by atoms with van der Waals surface area (Å²) in [5.74, 6) is -3.28. The van der Waals surface area contributed by atoms with Gasteiger partial charge in [0.1, 0.15) is 11.5 Å². The van der Waals surface area contributed by atoms with E-state index in [9.17, 15) is 13.2 Å². The van der Waals surface area contributed by atoms with E-state index in [0.717, 1.165) is 6.20 Å². The van der Waals surface area contributed by atoms with E-state index in [1.165, 1.54) is 12.1 Å². The third kappa shape index (κ3) is 2.57. The second-order valence-corrected chi connectivity index (χ2v) is 6.53. The van der Waals surface area contributed by atoms with E-state index in [1.54, 1.807) is 23.1 Å². The van der Waals surface area contributed by atoms with Crippen LogP contribution >= 0.6 is 0 Å². The van der Waals surface area contributed by atoms with Crippen molar-refractivity contribution in [1.82, 2.24) is 29.9 Å². The van der Waals surface area contributed by atoms with Gasteiger partial charge in [0.25, 0.3) is 5.92 Å². The Morgan fingerprint density at radius 3 is 2.81 bits per heavy atom. The number of halogens is 3. The maximum atomic E-state index is 14.2. The molecule has 0 saturated heterocycles. The molecule has 5 rings (SSSR count). The summed E-state index contributed by atoms with van der Waals surface area (Å²) in [4.78, 5) is 8.31. The van der Waals surface area contributed by atoms with Crippen LogP contribution in [0.4, 0.5) is 13.2 Å². The largest absolute Gasteiger partial charge is 0.268 e. The summed E-state index contributed by atoms with van der Waals surface area (Å²) >= 11 is 0. The normalized spacial score (nSPS) is 15.8. The van der Waals surface area contributed by atoms with Crippen molar-refractivity contribution in [1.29, 1.82) is 0 Å². The van der Waals surface area contributed by atoms with E-state index in [0.29, 0.717) is 39.2 Å². The summed E-state index contributed by atoms with van der Waals surface area (Å²) in [7, 11) is 0. The Bertz CT molecular complexity index is 1150. The number of aromatic nitrogens is 6. The maximum absolute atomic E-state index is 14.2. The second-order valence-electron chi connectivity index (χ2n) is 6.53. The standard InChI is InChI=1S/C18H13F3N6/c19-10-1-2-13(23-8-10)16-15(11-3-5-22-17-12(11)9-24-25-17)14-7-18(20,21)4-6-27(14)26-16/h1-3,5,8-9H,4,6-7H2,(H,22,24,25). The van der Waals surface area contributed by atoms with E-state index in [1.807, 2.05) is 0 Å². The van der Waals surface area contributed by atoms with E-state index in [4.69, 9.17) is 0 Å². The molecule has 1 N–H and O–H groups in total. The highest BCUT2D eigenvalue weighted by molar-refractivity contribution is 5.97. The van der Waals surface area contributed by atoms with E-state index >= 15 is 0 Å². The minimum atomic E-state index is -2.80. The molecule has 9 heteroatoms. The molecule has 0 bridgehead atoms. The molecule has 0 spiro atoms. The van der Waals surface area contributed by atoms with Crippen LogP contribution in [0.1, 0.15) is 12.1 Å². The number of H-pyrrole nitrogens is 1. The van der Waals surface area contributed by atoms with Crippen LogP contribution < -0.4 is 0 Å². The highest BCUT2D eigenvalue weighted by Gasteiger charge is 2.38. The zero-order chi connectivity index (χ0) is 18.6. The average molecular weight is 370 g/mol. The monoisotopic (exact) mass is 370 g/mol. The SMILES string of the molecule is Fc1ccc(-c2nn3c(c2-c2ccnc4[nH]ncc24)CC(F)(F)CC3)nc1. The summed E-state index contributed by atoms with van der Waals surface area (Å²) in [6.07, 6.45) is 3.59. The minimum absolute atomic E-state index is 0.107. The first kappa shape index (κ1) is 16.0. The number of rotatable bonds is 2. The van der Waals surface area contributed by atoms with Gasteiger partial charge in [-0.15, -0.1) is 0 Å². The molecule has 136 valence electrons. The van der Waals surface area contributed by atoms with Crippen LogP contribution in [0.2, 0.25) is 0 Å². The van der Waals surface area contributed by atoms with Gasteiger partial charge in [-0.3, -0.25) is 14.8 Å². The number of pyridine rings is 2. The zero-order valence-corrected chi connectivity index (χ0v) is 14.0. The molecule has 0 aliphatic carbocycles. The summed E-state index contributed by atoms with van der Waals surface area (Å²) in [6.45, 7) is 0.107. The van der Waals surface area contributed by atoms with Crippen LogP contribution in [0.15, 0.2) is 36.8 Å². The predicted octanol–water partition coefficient (Wildman–Crippen LogP) is 3.60. The number of aryl methyl sites for hydroxylation is 1. The molecule has 1 aliphatic rings. The minimum Gasteiger partial charge on any atom is -0.268 e. The van der Waals surface area contributed by atoms with Crippen molar-refractivity contribution in [2.45, 2.75) is 25.3 Å². The fraction of sp³-hybridized carbons (Fsp3) is 0.222. The number of alkyl halides is 2. The first-order valence-electron chi connectivity index (χ1n) is 8.40. The molecular weight excluding hydrogens is 357 g/mol. The molecule has 0 unspecified atom stereocenters. The van der Waals surface area contributed by atoms with Gasteiger partial charge in [-0.05, 0) is 23.8 Å². The molecule has 0 saturated carbocycles. The number of hydrogen-bond donors (Lipinski definition) is 1. The summed E-state index contributed by atoms with van der Waals surface area (Å²) in [5, 5.41) is 12.0. The number of nitrogens with one attached hydrogen (secondary N) is 1. The van der Waals surface area contributed by atoms with Crippen LogP contribution in [-0.4, -0.2) is 35.9 Å². The third-order valence-electron chi connectivity index (χ3n) is 4.77. The molecule has 0 atom stereocenters. The van der Waals surface area contributed by atoms with E-state index in [2.05, 4.69) is 25.3 Å². The maximum Gasteiger partial charge on any atom is 0.255 e. The number of aromatic amines is 1. The van der Waals surface area contributed by atoms with Crippen molar-refractivity contribution in [3.05, 3.63) is 48.3 Å². The lowest BCUT2D eigenvalue weighted by Gasteiger charge is -2.23. The molecule has 5 heterocycles. The third-order valence-corrected chi connectivity index (χ3v) is 4.77. The van der Waals surface area contributed by atoms with E-state index < -0.39 is 18.2 Å². The van der Waals surface area contributed by atoms with Gasteiger partial charge in [-0.1, -0.05) is 0 Å². The Labute approximate surface area is 151 Å². The Morgan fingerprint density at radius 2 is 2.00 bits per heavy atom. The van der Waals surface area contributed by atoms with Crippen molar-refractivity contribution in [2.24, 2.45) is 0 Å². The molecule has 0 radical (unpaired) electrons. The van der Waals surface area contributed by atoms with E-state index in [-0.39, 0.29) is 13.0 Å². The quantitative estimate of drug-likeness (QED) is 0.585. The number of fused-ring (bicyclic) bond motifs is 2. The van der Waals surface area contributed by atoms with Gasteiger partial charge in [-0.2, -0.15) is 10.2 Å². The van der Waals surface area contributed by atoms with Crippen LogP contribution in [-0.2, 0) is 13.0 Å². The van der Waals surface area contributed by atoms with Crippen molar-refractivity contribution < 1.29 is 13.2 Å². The Kier molecular flexibility index (Phi) is 3.33. The Balaban J connectivity index is 1.81. The summed E-state index contributed by atoms with van der Waals surface area (Å²) in [5.41, 5.74) is 3.09. The van der Waals surface area contributed by atoms with Gasteiger partial charge < -0.3 is 0 Å². The molecule has 1 aliphatic heterocycles. The van der Waals surface area contributed by atoms with Gasteiger partial charge in [0, 0.05) is 30.1 Å². The first-order valence-corrected chi connectivity index (χ1v) is 8.40. The van der Waals surface area contributed by atoms with Gasteiger partial charge >= 0.3 is 0 Å². The molecule has 0 aromatic carbocycles. The van der Waals surface area contributed by atoms with Crippen molar-refractivity contribution >= 4 is 11.0 Å². The van der Waals surface area contributed by atoms with Crippen LogP contribution in [0.5, 0.6) is 0 Å². The van der Waals surface area contributed by atoms with Crippen LogP contribution in [0, 0.1) is 5.82 Å². The molecule has 0 amide bonds. The lowest BCUT2D eigenvalue weighted by molar-refractivity contribution is -0.0241. The van der Waals surface area contributed by atoms with Crippen LogP contribution in [0.25, 0.3) is 33.5 Å². The predicted molar refractivity (Wildman–Crippen MR) is 91.6 cm³/mol. The van der Waals surface area contributed by atoms with Crippen molar-refractivity contribution in [3.63, 3.8) is 0 Å². The molecule has 0 fully saturated rings. The molecule has 27 heavy (non-hydrogen) atoms. The van der Waals surface area contributed by atoms with Gasteiger partial charge in [0.05, 0.1) is 30.2 Å². The molecule has 6 nitrogen and oxygen atoms in total. The highest BCUT2D eigenvalue weighted by Crippen LogP contribution is 2.41.